The third-order valence-corrected chi connectivity index (χ3v) is 4.19. The molecular formula is C20H19FN6O. The first-order valence-corrected chi connectivity index (χ1v) is 8.78. The van der Waals surface area contributed by atoms with Crippen molar-refractivity contribution in [1.29, 1.82) is 0 Å². The van der Waals surface area contributed by atoms with Gasteiger partial charge in [0.25, 0.3) is 0 Å². The zero-order valence-corrected chi connectivity index (χ0v) is 15.2. The quantitative estimate of drug-likeness (QED) is 0.552. The summed E-state index contributed by atoms with van der Waals surface area (Å²) in [5, 5.41) is 5.01. The summed E-state index contributed by atoms with van der Waals surface area (Å²) in [4.78, 5) is 8.27. The van der Waals surface area contributed by atoms with Gasteiger partial charge in [0, 0.05) is 17.7 Å². The van der Waals surface area contributed by atoms with Gasteiger partial charge in [-0.2, -0.15) is 5.10 Å². The first-order chi connectivity index (χ1) is 13.5. The van der Waals surface area contributed by atoms with Crippen LogP contribution >= 0.6 is 0 Å². The van der Waals surface area contributed by atoms with Crippen LogP contribution in [0.3, 0.4) is 0 Å². The molecule has 0 bridgehead atoms. The van der Waals surface area contributed by atoms with Crippen LogP contribution < -0.4 is 16.2 Å². The molecule has 4 rings (SSSR count). The molecule has 7 nitrogen and oxygen atoms in total. The third kappa shape index (κ3) is 3.37. The lowest BCUT2D eigenvalue weighted by Gasteiger charge is -2.07. The van der Waals surface area contributed by atoms with Gasteiger partial charge in [0.1, 0.15) is 35.2 Å². The van der Waals surface area contributed by atoms with E-state index in [2.05, 4.69) is 15.1 Å². The summed E-state index contributed by atoms with van der Waals surface area (Å²) in [6.07, 6.45) is 1.36. The van der Waals surface area contributed by atoms with Gasteiger partial charge in [-0.15, -0.1) is 0 Å². The average molecular weight is 378 g/mol. The molecule has 2 aromatic heterocycles. The minimum atomic E-state index is -0.482. The fourth-order valence-corrected chi connectivity index (χ4v) is 2.99. The summed E-state index contributed by atoms with van der Waals surface area (Å²) in [5.74, 6) is 0.763. The topological polar surface area (TPSA) is 105 Å². The molecule has 0 spiro atoms. The van der Waals surface area contributed by atoms with Gasteiger partial charge in [0.05, 0.1) is 11.9 Å². The largest absolute Gasteiger partial charge is 0.457 e. The fourth-order valence-electron chi connectivity index (χ4n) is 2.99. The van der Waals surface area contributed by atoms with Gasteiger partial charge in [-0.05, 0) is 31.2 Å². The maximum absolute atomic E-state index is 14.9. The smallest absolute Gasteiger partial charge is 0.164 e. The van der Waals surface area contributed by atoms with E-state index in [1.54, 1.807) is 28.9 Å². The monoisotopic (exact) mass is 378 g/mol. The molecule has 4 aromatic rings. The molecule has 1 atom stereocenters. The summed E-state index contributed by atoms with van der Waals surface area (Å²) < 4.78 is 22.2. The van der Waals surface area contributed by atoms with Crippen LogP contribution in [0.2, 0.25) is 0 Å². The van der Waals surface area contributed by atoms with Crippen molar-refractivity contribution in [3.63, 3.8) is 0 Å². The Balaban J connectivity index is 1.77. The second-order valence-electron chi connectivity index (χ2n) is 6.52. The Hall–Kier alpha value is -3.52. The SMILES string of the molecule is C[C@H](N)Cn1nc(-c2ccc(Oc3ccccc3)cc2F)c2c(N)ncnc21. The number of hydrogen-bond donors (Lipinski definition) is 2. The molecule has 4 N–H and O–H groups in total. The predicted molar refractivity (Wildman–Crippen MR) is 105 cm³/mol. The van der Waals surface area contributed by atoms with Crippen molar-refractivity contribution in [3.05, 3.63) is 60.7 Å². The van der Waals surface area contributed by atoms with Gasteiger partial charge < -0.3 is 16.2 Å². The summed E-state index contributed by atoms with van der Waals surface area (Å²) >= 11 is 0. The first-order valence-electron chi connectivity index (χ1n) is 8.78. The number of fused-ring (bicyclic) bond motifs is 1. The summed E-state index contributed by atoms with van der Waals surface area (Å²) in [5.41, 5.74) is 13.1. The molecule has 0 radical (unpaired) electrons. The lowest BCUT2D eigenvalue weighted by atomic mass is 10.1. The number of hydrogen-bond acceptors (Lipinski definition) is 6. The van der Waals surface area contributed by atoms with E-state index in [4.69, 9.17) is 16.2 Å². The second kappa shape index (κ2) is 7.24. The second-order valence-corrected chi connectivity index (χ2v) is 6.52. The number of nitrogen functional groups attached to an aromatic ring is 1. The zero-order chi connectivity index (χ0) is 19.7. The maximum Gasteiger partial charge on any atom is 0.164 e. The number of halogens is 1. The van der Waals surface area contributed by atoms with Gasteiger partial charge in [-0.25, -0.2) is 19.0 Å². The van der Waals surface area contributed by atoms with E-state index in [0.29, 0.717) is 34.8 Å². The van der Waals surface area contributed by atoms with Crippen LogP contribution in [0.1, 0.15) is 6.92 Å². The molecule has 0 amide bonds. The number of para-hydroxylation sites is 1. The Bertz CT molecular complexity index is 1130. The van der Waals surface area contributed by atoms with Gasteiger partial charge >= 0.3 is 0 Å². The molecule has 2 aromatic carbocycles. The van der Waals surface area contributed by atoms with E-state index in [0.717, 1.165) is 0 Å². The predicted octanol–water partition coefficient (Wildman–Crippen LogP) is 3.35. The number of rotatable bonds is 5. The maximum atomic E-state index is 14.9. The Morgan fingerprint density at radius 1 is 1.11 bits per heavy atom. The molecule has 0 aliphatic rings. The highest BCUT2D eigenvalue weighted by Crippen LogP contribution is 2.34. The van der Waals surface area contributed by atoms with E-state index >= 15 is 0 Å². The molecule has 0 saturated carbocycles. The lowest BCUT2D eigenvalue weighted by Crippen LogP contribution is -2.23. The molecule has 0 saturated heterocycles. The van der Waals surface area contributed by atoms with Gasteiger partial charge in [0.15, 0.2) is 5.65 Å². The van der Waals surface area contributed by atoms with Crippen molar-refractivity contribution in [2.45, 2.75) is 19.5 Å². The van der Waals surface area contributed by atoms with Crippen molar-refractivity contribution in [2.75, 3.05) is 5.73 Å². The molecule has 8 heteroatoms. The van der Waals surface area contributed by atoms with Crippen molar-refractivity contribution in [3.8, 4) is 22.8 Å². The van der Waals surface area contributed by atoms with Crippen LogP contribution in [0.5, 0.6) is 11.5 Å². The highest BCUT2D eigenvalue weighted by molar-refractivity contribution is 5.98. The number of aromatic nitrogens is 4. The third-order valence-electron chi connectivity index (χ3n) is 4.19. The number of benzene rings is 2. The van der Waals surface area contributed by atoms with Crippen molar-refractivity contribution in [2.24, 2.45) is 5.73 Å². The van der Waals surface area contributed by atoms with Crippen LogP contribution in [0.15, 0.2) is 54.9 Å². The number of nitrogens with two attached hydrogens (primary N) is 2. The number of anilines is 1. The lowest BCUT2D eigenvalue weighted by molar-refractivity contribution is 0.477. The first kappa shape index (κ1) is 17.9. The molecule has 0 unspecified atom stereocenters. The van der Waals surface area contributed by atoms with Gasteiger partial charge in [-0.1, -0.05) is 18.2 Å². The molecule has 0 aliphatic carbocycles. The Kier molecular flexibility index (Phi) is 4.62. The molecule has 2 heterocycles. The normalized spacial score (nSPS) is 12.2. The molecule has 142 valence electrons. The Labute approximate surface area is 160 Å². The summed E-state index contributed by atoms with van der Waals surface area (Å²) in [6.45, 7) is 2.28. The van der Waals surface area contributed by atoms with Crippen LogP contribution in [0.25, 0.3) is 22.3 Å². The van der Waals surface area contributed by atoms with Crippen LogP contribution in [-0.4, -0.2) is 25.8 Å². The van der Waals surface area contributed by atoms with E-state index in [-0.39, 0.29) is 17.4 Å². The van der Waals surface area contributed by atoms with E-state index in [1.807, 2.05) is 25.1 Å². The van der Waals surface area contributed by atoms with Crippen LogP contribution in [0.4, 0.5) is 10.2 Å². The fraction of sp³-hybridized carbons (Fsp3) is 0.150. The molecular weight excluding hydrogens is 359 g/mol. The van der Waals surface area contributed by atoms with E-state index < -0.39 is 5.82 Å². The van der Waals surface area contributed by atoms with Crippen LogP contribution in [0, 0.1) is 5.82 Å². The molecule has 0 fully saturated rings. The minimum absolute atomic E-state index is 0.154. The van der Waals surface area contributed by atoms with Crippen molar-refractivity contribution < 1.29 is 9.13 Å². The Morgan fingerprint density at radius 3 is 2.61 bits per heavy atom. The minimum Gasteiger partial charge on any atom is -0.457 e. The van der Waals surface area contributed by atoms with Crippen molar-refractivity contribution >= 4 is 16.9 Å². The van der Waals surface area contributed by atoms with Gasteiger partial charge in [0.2, 0.25) is 0 Å². The summed E-state index contributed by atoms with van der Waals surface area (Å²) in [7, 11) is 0. The molecule has 0 aliphatic heterocycles. The Morgan fingerprint density at radius 2 is 1.89 bits per heavy atom. The number of ether oxygens (including phenoxy) is 1. The zero-order valence-electron chi connectivity index (χ0n) is 15.2. The highest BCUT2D eigenvalue weighted by atomic mass is 19.1. The van der Waals surface area contributed by atoms with Crippen LogP contribution in [-0.2, 0) is 6.54 Å². The standard InChI is InChI=1S/C20H19FN6O/c1-12(22)10-27-20-17(19(23)24-11-25-20)18(26-27)15-8-7-14(9-16(15)21)28-13-5-3-2-4-6-13/h2-9,11-12H,10,22H2,1H3,(H2,23,24,25)/t12-/m0/s1. The average Bonchev–Trinajstić information content (AvgIpc) is 3.02. The molecule has 28 heavy (non-hydrogen) atoms. The van der Waals surface area contributed by atoms with E-state index in [9.17, 15) is 4.39 Å². The highest BCUT2D eigenvalue weighted by Gasteiger charge is 2.20. The van der Waals surface area contributed by atoms with Crippen molar-refractivity contribution in [1.82, 2.24) is 19.7 Å². The number of nitrogens with zero attached hydrogens (tertiary/aromatic N) is 4. The summed E-state index contributed by atoms with van der Waals surface area (Å²) in [6, 6.07) is 13.6. The van der Waals surface area contributed by atoms with E-state index in [1.165, 1.54) is 12.4 Å². The van der Waals surface area contributed by atoms with Gasteiger partial charge in [-0.3, -0.25) is 0 Å².